The molecule has 1 aromatic rings. The van der Waals surface area contributed by atoms with Crippen molar-refractivity contribution in [2.24, 2.45) is 4.99 Å². The zero-order valence-electron chi connectivity index (χ0n) is 12.3. The molecule has 1 aromatic heterocycles. The minimum Gasteiger partial charge on any atom is -0.351 e. The van der Waals surface area contributed by atoms with Crippen molar-refractivity contribution in [1.82, 2.24) is 15.1 Å². The number of nitrogens with one attached hydrogen (secondary N) is 1. The summed E-state index contributed by atoms with van der Waals surface area (Å²) in [4.78, 5) is 21.1. The minimum atomic E-state index is 0.154. The van der Waals surface area contributed by atoms with Crippen LogP contribution in [-0.2, 0) is 11.3 Å². The average molecular weight is 294 g/mol. The highest BCUT2D eigenvalue weighted by molar-refractivity contribution is 7.10. The van der Waals surface area contributed by atoms with E-state index in [4.69, 9.17) is 0 Å². The van der Waals surface area contributed by atoms with E-state index in [2.05, 4.69) is 33.6 Å². The molecule has 2 rings (SSSR count). The van der Waals surface area contributed by atoms with Crippen LogP contribution in [0.15, 0.2) is 16.4 Å². The third-order valence-electron chi connectivity index (χ3n) is 3.61. The predicted molar refractivity (Wildman–Crippen MR) is 83.1 cm³/mol. The quantitative estimate of drug-likeness (QED) is 0.660. The van der Waals surface area contributed by atoms with Gasteiger partial charge in [0.25, 0.3) is 0 Å². The normalized spacial score (nSPS) is 16.4. The Bertz CT molecular complexity index is 489. The van der Waals surface area contributed by atoms with E-state index in [1.54, 1.807) is 25.3 Å². The van der Waals surface area contributed by atoms with Crippen LogP contribution in [0.25, 0.3) is 0 Å². The Hall–Kier alpha value is -1.56. The molecule has 1 amide bonds. The molecule has 1 aliphatic rings. The van der Waals surface area contributed by atoms with Crippen molar-refractivity contribution < 1.29 is 4.79 Å². The second kappa shape index (κ2) is 6.74. The lowest BCUT2D eigenvalue weighted by atomic mass is 10.3. The number of hydrogen-bond acceptors (Lipinski definition) is 3. The third-order valence-corrected chi connectivity index (χ3v) is 4.63. The number of carbonyl (C=O) groups is 1. The second-order valence-corrected chi connectivity index (χ2v) is 5.92. The number of hydrogen-bond donors (Lipinski definition) is 1. The van der Waals surface area contributed by atoms with Gasteiger partial charge in [-0.2, -0.15) is 0 Å². The molecule has 0 aromatic carbocycles. The topological polar surface area (TPSA) is 47.9 Å². The number of nitrogens with zero attached hydrogens (tertiary/aromatic N) is 3. The van der Waals surface area contributed by atoms with Gasteiger partial charge in [-0.3, -0.25) is 9.79 Å². The summed E-state index contributed by atoms with van der Waals surface area (Å²) >= 11 is 1.76. The number of guanidine groups is 1. The first-order valence-electron chi connectivity index (χ1n) is 6.86. The Morgan fingerprint density at radius 2 is 2.00 bits per heavy atom. The standard InChI is InChI=1S/C14H22N4OS/c1-11-4-9-20-13(11)10-16-14(15-3)18-7-5-17(6-8-18)12(2)19/h4,9H,5-8,10H2,1-3H3,(H,15,16). The van der Waals surface area contributed by atoms with Crippen molar-refractivity contribution in [3.05, 3.63) is 21.9 Å². The van der Waals surface area contributed by atoms with E-state index in [1.807, 2.05) is 4.90 Å². The minimum absolute atomic E-state index is 0.154. The summed E-state index contributed by atoms with van der Waals surface area (Å²) in [7, 11) is 1.81. The zero-order valence-corrected chi connectivity index (χ0v) is 13.2. The van der Waals surface area contributed by atoms with Crippen LogP contribution in [-0.4, -0.2) is 54.9 Å². The summed E-state index contributed by atoms with van der Waals surface area (Å²) in [5, 5.41) is 5.52. The molecule has 1 fully saturated rings. The molecule has 0 atom stereocenters. The van der Waals surface area contributed by atoms with Crippen LogP contribution in [0, 0.1) is 6.92 Å². The van der Waals surface area contributed by atoms with Gasteiger partial charge < -0.3 is 15.1 Å². The largest absolute Gasteiger partial charge is 0.351 e. The van der Waals surface area contributed by atoms with E-state index < -0.39 is 0 Å². The highest BCUT2D eigenvalue weighted by Gasteiger charge is 2.20. The van der Waals surface area contributed by atoms with E-state index in [-0.39, 0.29) is 5.91 Å². The maximum Gasteiger partial charge on any atom is 0.219 e. The van der Waals surface area contributed by atoms with Gasteiger partial charge >= 0.3 is 0 Å². The molecule has 1 aliphatic heterocycles. The Balaban J connectivity index is 1.87. The van der Waals surface area contributed by atoms with Crippen LogP contribution in [0.4, 0.5) is 0 Å². The van der Waals surface area contributed by atoms with Gasteiger partial charge in [0.1, 0.15) is 0 Å². The molecule has 2 heterocycles. The van der Waals surface area contributed by atoms with E-state index >= 15 is 0 Å². The second-order valence-electron chi connectivity index (χ2n) is 4.92. The molecular weight excluding hydrogens is 272 g/mol. The first-order valence-corrected chi connectivity index (χ1v) is 7.74. The molecular formula is C14H22N4OS. The number of carbonyl (C=O) groups excluding carboxylic acids is 1. The lowest BCUT2D eigenvalue weighted by Gasteiger charge is -2.36. The number of aryl methyl sites for hydroxylation is 1. The highest BCUT2D eigenvalue weighted by atomic mass is 32.1. The summed E-state index contributed by atoms with van der Waals surface area (Å²) < 4.78 is 0. The van der Waals surface area contributed by atoms with Crippen LogP contribution in [0.3, 0.4) is 0 Å². The number of piperazine rings is 1. The zero-order chi connectivity index (χ0) is 14.5. The maximum atomic E-state index is 11.3. The van der Waals surface area contributed by atoms with Gasteiger partial charge in [0.2, 0.25) is 5.91 Å². The fourth-order valence-corrected chi connectivity index (χ4v) is 3.16. The van der Waals surface area contributed by atoms with Gasteiger partial charge in [-0.1, -0.05) is 0 Å². The van der Waals surface area contributed by atoms with Gasteiger partial charge in [-0.05, 0) is 23.9 Å². The molecule has 1 N–H and O–H groups in total. The van der Waals surface area contributed by atoms with E-state index in [9.17, 15) is 4.79 Å². The molecule has 5 nitrogen and oxygen atoms in total. The van der Waals surface area contributed by atoms with Crippen molar-refractivity contribution in [2.75, 3.05) is 33.2 Å². The predicted octanol–water partition coefficient (Wildman–Crippen LogP) is 1.30. The molecule has 110 valence electrons. The summed E-state index contributed by atoms with van der Waals surface area (Å²) in [6.45, 7) is 7.78. The van der Waals surface area contributed by atoms with Crippen LogP contribution in [0.5, 0.6) is 0 Å². The van der Waals surface area contributed by atoms with Crippen molar-refractivity contribution >= 4 is 23.2 Å². The van der Waals surface area contributed by atoms with Crippen LogP contribution in [0.2, 0.25) is 0 Å². The molecule has 0 spiro atoms. The summed E-state index contributed by atoms with van der Waals surface area (Å²) in [6, 6.07) is 2.13. The smallest absolute Gasteiger partial charge is 0.219 e. The van der Waals surface area contributed by atoms with Crippen LogP contribution in [0.1, 0.15) is 17.4 Å². The molecule has 0 aliphatic carbocycles. The Morgan fingerprint density at radius 3 is 2.50 bits per heavy atom. The molecule has 0 unspecified atom stereocenters. The molecule has 6 heteroatoms. The van der Waals surface area contributed by atoms with E-state index in [0.29, 0.717) is 0 Å². The van der Waals surface area contributed by atoms with Crippen LogP contribution < -0.4 is 5.32 Å². The first-order chi connectivity index (χ1) is 9.61. The van der Waals surface area contributed by atoms with Gasteiger partial charge in [-0.15, -0.1) is 11.3 Å². The molecule has 0 bridgehead atoms. The van der Waals surface area contributed by atoms with Crippen molar-refractivity contribution in [3.8, 4) is 0 Å². The van der Waals surface area contributed by atoms with Gasteiger partial charge in [0.15, 0.2) is 5.96 Å². The molecule has 0 radical (unpaired) electrons. The Labute approximate surface area is 124 Å². The van der Waals surface area contributed by atoms with Crippen molar-refractivity contribution in [2.45, 2.75) is 20.4 Å². The number of thiophene rings is 1. The lowest BCUT2D eigenvalue weighted by Crippen LogP contribution is -2.53. The summed E-state index contributed by atoms with van der Waals surface area (Å²) in [5.74, 6) is 1.07. The Morgan fingerprint density at radius 1 is 1.35 bits per heavy atom. The average Bonchev–Trinajstić information content (AvgIpc) is 2.85. The molecule has 20 heavy (non-hydrogen) atoms. The van der Waals surface area contributed by atoms with Crippen molar-refractivity contribution in [3.63, 3.8) is 0 Å². The van der Waals surface area contributed by atoms with Gasteiger partial charge in [0, 0.05) is 45.0 Å². The lowest BCUT2D eigenvalue weighted by molar-refractivity contribution is -0.130. The number of aliphatic imine (C=N–C) groups is 1. The van der Waals surface area contributed by atoms with Crippen LogP contribution >= 0.6 is 11.3 Å². The third kappa shape index (κ3) is 3.50. The van der Waals surface area contributed by atoms with Gasteiger partial charge in [0.05, 0.1) is 6.54 Å². The first kappa shape index (κ1) is 14.8. The fourth-order valence-electron chi connectivity index (χ4n) is 2.31. The fraction of sp³-hybridized carbons (Fsp3) is 0.571. The van der Waals surface area contributed by atoms with E-state index in [1.165, 1.54) is 10.4 Å². The Kier molecular flexibility index (Phi) is 5.00. The van der Waals surface area contributed by atoms with Crippen molar-refractivity contribution in [1.29, 1.82) is 0 Å². The number of rotatable bonds is 2. The van der Waals surface area contributed by atoms with Gasteiger partial charge in [-0.25, -0.2) is 0 Å². The molecule has 1 saturated heterocycles. The summed E-state index contributed by atoms with van der Waals surface area (Å²) in [5.41, 5.74) is 1.32. The highest BCUT2D eigenvalue weighted by Crippen LogP contribution is 2.15. The monoisotopic (exact) mass is 294 g/mol. The molecule has 0 saturated carbocycles. The summed E-state index contributed by atoms with van der Waals surface area (Å²) in [6.07, 6.45) is 0. The maximum absolute atomic E-state index is 11.3. The SMILES string of the molecule is CN=C(NCc1sccc1C)N1CCN(C(C)=O)CC1. The number of amides is 1. The van der Waals surface area contributed by atoms with E-state index in [0.717, 1.165) is 38.7 Å².